The summed E-state index contributed by atoms with van der Waals surface area (Å²) in [7, 11) is 0. The molecule has 1 unspecified atom stereocenters. The molecular formula is C18H27IO3. The van der Waals surface area contributed by atoms with Gasteiger partial charge in [0.1, 0.15) is 6.10 Å². The van der Waals surface area contributed by atoms with Crippen molar-refractivity contribution < 1.29 is 14.6 Å². The Hall–Kier alpha value is -0.780. The highest BCUT2D eigenvalue weighted by Gasteiger charge is 2.15. The molecule has 0 aliphatic carbocycles. The molecule has 1 aromatic carbocycles. The van der Waals surface area contributed by atoms with Gasteiger partial charge in [-0.2, -0.15) is 0 Å². The third-order valence-electron chi connectivity index (χ3n) is 3.80. The molecule has 4 heteroatoms. The van der Waals surface area contributed by atoms with Crippen LogP contribution in [-0.2, 0) is 4.74 Å². The zero-order valence-corrected chi connectivity index (χ0v) is 15.5. The molecule has 0 aromatic heterocycles. The number of ether oxygens (including phenoxy) is 1. The fourth-order valence-corrected chi connectivity index (χ4v) is 2.92. The largest absolute Gasteiger partial charge is 0.506 e. The van der Waals surface area contributed by atoms with Gasteiger partial charge in [-0.3, -0.25) is 0 Å². The van der Waals surface area contributed by atoms with Crippen LogP contribution in [0.5, 0.6) is 0 Å². The molecule has 0 radical (unpaired) electrons. The molecule has 0 spiro atoms. The van der Waals surface area contributed by atoms with Crippen molar-refractivity contribution in [3.05, 3.63) is 33.4 Å². The number of benzene rings is 1. The highest BCUT2D eigenvalue weighted by molar-refractivity contribution is 14.1. The predicted octanol–water partition coefficient (Wildman–Crippen LogP) is 6.56. The monoisotopic (exact) mass is 418 g/mol. The fourth-order valence-electron chi connectivity index (χ4n) is 2.56. The van der Waals surface area contributed by atoms with Crippen LogP contribution in [0.1, 0.15) is 76.4 Å². The quantitative estimate of drug-likeness (QED) is 0.252. The number of carbonyl (C=O) groups is 1. The van der Waals surface area contributed by atoms with Gasteiger partial charge >= 0.3 is 6.16 Å². The minimum Gasteiger partial charge on any atom is -0.450 e. The lowest BCUT2D eigenvalue weighted by Crippen LogP contribution is -2.09. The highest BCUT2D eigenvalue weighted by Crippen LogP contribution is 2.25. The van der Waals surface area contributed by atoms with Gasteiger partial charge < -0.3 is 9.84 Å². The highest BCUT2D eigenvalue weighted by atomic mass is 127. The van der Waals surface area contributed by atoms with E-state index in [1.807, 2.05) is 24.3 Å². The Morgan fingerprint density at radius 2 is 1.59 bits per heavy atom. The molecule has 124 valence electrons. The third kappa shape index (κ3) is 8.61. The summed E-state index contributed by atoms with van der Waals surface area (Å²) in [6.45, 7) is 2.23. The molecule has 1 rings (SSSR count). The van der Waals surface area contributed by atoms with Crippen LogP contribution in [0, 0.1) is 3.57 Å². The van der Waals surface area contributed by atoms with E-state index in [1.165, 1.54) is 38.5 Å². The molecule has 0 amide bonds. The molecule has 0 aliphatic heterocycles. The van der Waals surface area contributed by atoms with Crippen molar-refractivity contribution in [2.24, 2.45) is 0 Å². The zero-order valence-electron chi connectivity index (χ0n) is 13.4. The van der Waals surface area contributed by atoms with Gasteiger partial charge in [0.15, 0.2) is 0 Å². The number of hydrogen-bond acceptors (Lipinski definition) is 2. The predicted molar refractivity (Wildman–Crippen MR) is 98.2 cm³/mol. The van der Waals surface area contributed by atoms with Crippen LogP contribution in [0.25, 0.3) is 0 Å². The van der Waals surface area contributed by atoms with Crippen molar-refractivity contribution in [3.8, 4) is 0 Å². The molecule has 0 saturated heterocycles. The van der Waals surface area contributed by atoms with Gasteiger partial charge in [-0.25, -0.2) is 4.79 Å². The van der Waals surface area contributed by atoms with E-state index in [-0.39, 0.29) is 6.10 Å². The van der Waals surface area contributed by atoms with Crippen LogP contribution in [0.2, 0.25) is 0 Å². The second-order valence-corrected chi connectivity index (χ2v) is 6.93. The maximum Gasteiger partial charge on any atom is 0.506 e. The maximum atomic E-state index is 10.9. The second-order valence-electron chi connectivity index (χ2n) is 5.69. The summed E-state index contributed by atoms with van der Waals surface area (Å²) in [6.07, 6.45) is 9.19. The van der Waals surface area contributed by atoms with E-state index in [9.17, 15) is 4.79 Å². The fraction of sp³-hybridized carbons (Fsp3) is 0.611. The Balaban J connectivity index is 2.30. The number of carboxylic acid groups (broad SMARTS) is 1. The van der Waals surface area contributed by atoms with Gasteiger partial charge in [0.25, 0.3) is 0 Å². The van der Waals surface area contributed by atoms with Gasteiger partial charge in [0.2, 0.25) is 0 Å². The average Bonchev–Trinajstić information content (AvgIpc) is 2.49. The Kier molecular flexibility index (Phi) is 10.3. The Labute approximate surface area is 147 Å². The van der Waals surface area contributed by atoms with Crippen LogP contribution in [0.3, 0.4) is 0 Å². The van der Waals surface area contributed by atoms with Gasteiger partial charge in [-0.15, -0.1) is 0 Å². The van der Waals surface area contributed by atoms with E-state index < -0.39 is 6.16 Å². The summed E-state index contributed by atoms with van der Waals surface area (Å²) in [5.41, 5.74) is 0.950. The Bertz CT molecular complexity index is 417. The molecule has 0 heterocycles. The normalized spacial score (nSPS) is 12.1. The summed E-state index contributed by atoms with van der Waals surface area (Å²) in [5, 5.41) is 8.90. The molecule has 1 N–H and O–H groups in total. The summed E-state index contributed by atoms with van der Waals surface area (Å²) >= 11 is 2.24. The van der Waals surface area contributed by atoms with Gasteiger partial charge in [-0.1, -0.05) is 64.0 Å². The van der Waals surface area contributed by atoms with E-state index in [4.69, 9.17) is 9.84 Å². The minimum atomic E-state index is -1.19. The topological polar surface area (TPSA) is 46.5 Å². The van der Waals surface area contributed by atoms with E-state index in [2.05, 4.69) is 29.5 Å². The van der Waals surface area contributed by atoms with E-state index >= 15 is 0 Å². The SMILES string of the molecule is CCCCCCCCCCC(OC(=O)O)c1ccc(I)cc1. The van der Waals surface area contributed by atoms with Crippen molar-refractivity contribution in [1.82, 2.24) is 0 Å². The van der Waals surface area contributed by atoms with E-state index in [0.717, 1.165) is 28.4 Å². The number of rotatable bonds is 11. The molecule has 22 heavy (non-hydrogen) atoms. The Morgan fingerprint density at radius 1 is 1.05 bits per heavy atom. The first-order chi connectivity index (χ1) is 10.6. The van der Waals surface area contributed by atoms with Crippen LogP contribution < -0.4 is 0 Å². The molecule has 0 fully saturated rings. The molecule has 3 nitrogen and oxygen atoms in total. The number of unbranched alkanes of at least 4 members (excludes halogenated alkanes) is 7. The molecule has 1 atom stereocenters. The van der Waals surface area contributed by atoms with Gasteiger partial charge in [-0.05, 0) is 53.1 Å². The van der Waals surface area contributed by atoms with Gasteiger partial charge in [0, 0.05) is 3.57 Å². The van der Waals surface area contributed by atoms with E-state index in [0.29, 0.717) is 0 Å². The van der Waals surface area contributed by atoms with Crippen molar-refractivity contribution in [2.45, 2.75) is 70.8 Å². The van der Waals surface area contributed by atoms with E-state index in [1.54, 1.807) is 0 Å². The van der Waals surface area contributed by atoms with Crippen molar-refractivity contribution >= 4 is 28.7 Å². The van der Waals surface area contributed by atoms with Crippen LogP contribution >= 0.6 is 22.6 Å². The minimum absolute atomic E-state index is 0.338. The smallest absolute Gasteiger partial charge is 0.450 e. The molecule has 0 bridgehead atoms. The first kappa shape index (κ1) is 19.3. The Morgan fingerprint density at radius 3 is 2.14 bits per heavy atom. The first-order valence-electron chi connectivity index (χ1n) is 8.28. The first-order valence-corrected chi connectivity index (χ1v) is 9.36. The number of halogens is 1. The molecule has 1 aromatic rings. The van der Waals surface area contributed by atoms with Crippen LogP contribution in [0.15, 0.2) is 24.3 Å². The lowest BCUT2D eigenvalue weighted by Gasteiger charge is -2.16. The summed E-state index contributed by atoms with van der Waals surface area (Å²) in [5.74, 6) is 0. The number of hydrogen-bond donors (Lipinski definition) is 1. The zero-order chi connectivity index (χ0) is 16.2. The third-order valence-corrected chi connectivity index (χ3v) is 4.52. The summed E-state index contributed by atoms with van der Waals surface area (Å²) < 4.78 is 6.19. The molecule has 0 aliphatic rings. The van der Waals surface area contributed by atoms with Crippen molar-refractivity contribution in [3.63, 3.8) is 0 Å². The lowest BCUT2D eigenvalue weighted by atomic mass is 10.0. The lowest BCUT2D eigenvalue weighted by molar-refractivity contribution is 0.0464. The van der Waals surface area contributed by atoms with Crippen LogP contribution in [0.4, 0.5) is 4.79 Å². The second kappa shape index (κ2) is 11.7. The van der Waals surface area contributed by atoms with Crippen LogP contribution in [-0.4, -0.2) is 11.3 Å². The molecule has 0 saturated carbocycles. The summed E-state index contributed by atoms with van der Waals surface area (Å²) in [4.78, 5) is 10.9. The van der Waals surface area contributed by atoms with Crippen molar-refractivity contribution in [2.75, 3.05) is 0 Å². The summed E-state index contributed by atoms with van der Waals surface area (Å²) in [6, 6.07) is 7.89. The maximum absolute atomic E-state index is 10.9. The van der Waals surface area contributed by atoms with Crippen molar-refractivity contribution in [1.29, 1.82) is 0 Å². The van der Waals surface area contributed by atoms with Gasteiger partial charge in [0.05, 0.1) is 0 Å². The molecular weight excluding hydrogens is 391 g/mol. The standard InChI is InChI=1S/C18H27IO3/c1-2-3-4-5-6-7-8-9-10-17(22-18(20)21)15-11-13-16(19)14-12-15/h11-14,17H,2-10H2,1H3,(H,20,21). The average molecular weight is 418 g/mol.